The Morgan fingerprint density at radius 2 is 1.71 bits per heavy atom. The molecule has 0 fully saturated rings. The molecule has 0 atom stereocenters. The molecule has 1 amide bonds. The standard InChI is InChI=1S/C14H27NO2/c1-5-13(17)15-11-9-7-8-10-12(16)14(3,4)6-2/h5-11H2,1-4H3,(H,15,17). The Morgan fingerprint density at radius 3 is 2.24 bits per heavy atom. The first-order valence-electron chi connectivity index (χ1n) is 6.74. The minimum absolute atomic E-state index is 0.105. The first-order chi connectivity index (χ1) is 7.94. The third-order valence-electron chi connectivity index (χ3n) is 3.36. The molecule has 3 heteroatoms. The van der Waals surface area contributed by atoms with Crippen molar-refractivity contribution in [1.29, 1.82) is 0 Å². The van der Waals surface area contributed by atoms with Gasteiger partial charge < -0.3 is 5.32 Å². The lowest BCUT2D eigenvalue weighted by Gasteiger charge is -2.20. The van der Waals surface area contributed by atoms with E-state index in [-0.39, 0.29) is 11.3 Å². The van der Waals surface area contributed by atoms with Crippen molar-refractivity contribution < 1.29 is 9.59 Å². The van der Waals surface area contributed by atoms with Crippen LogP contribution in [0.2, 0.25) is 0 Å². The fourth-order valence-electron chi connectivity index (χ4n) is 1.48. The highest BCUT2D eigenvalue weighted by atomic mass is 16.1. The third-order valence-corrected chi connectivity index (χ3v) is 3.36. The Hall–Kier alpha value is -0.860. The summed E-state index contributed by atoms with van der Waals surface area (Å²) in [5.74, 6) is 0.464. The Balaban J connectivity index is 3.52. The smallest absolute Gasteiger partial charge is 0.219 e. The van der Waals surface area contributed by atoms with E-state index in [1.54, 1.807) is 0 Å². The number of Topliss-reactive ketones (excluding diaryl/α,β-unsaturated/α-hetero) is 1. The maximum absolute atomic E-state index is 11.8. The Labute approximate surface area is 105 Å². The predicted molar refractivity (Wildman–Crippen MR) is 70.8 cm³/mol. The van der Waals surface area contributed by atoms with E-state index < -0.39 is 0 Å². The molecule has 0 aromatic rings. The van der Waals surface area contributed by atoms with Crippen LogP contribution in [0.25, 0.3) is 0 Å². The van der Waals surface area contributed by atoms with Crippen LogP contribution >= 0.6 is 0 Å². The van der Waals surface area contributed by atoms with Gasteiger partial charge in [0.2, 0.25) is 5.91 Å². The van der Waals surface area contributed by atoms with Crippen molar-refractivity contribution >= 4 is 11.7 Å². The minimum atomic E-state index is -0.170. The summed E-state index contributed by atoms with van der Waals surface area (Å²) in [6, 6.07) is 0. The second-order valence-corrected chi connectivity index (χ2v) is 5.17. The minimum Gasteiger partial charge on any atom is -0.356 e. The number of nitrogens with one attached hydrogen (secondary N) is 1. The Kier molecular flexibility index (Phi) is 7.85. The summed E-state index contributed by atoms with van der Waals surface area (Å²) in [6.07, 6.45) is 5.02. The zero-order valence-corrected chi connectivity index (χ0v) is 11.8. The molecular weight excluding hydrogens is 214 g/mol. The number of hydrogen-bond donors (Lipinski definition) is 1. The number of hydrogen-bond acceptors (Lipinski definition) is 2. The first kappa shape index (κ1) is 16.1. The van der Waals surface area contributed by atoms with Crippen molar-refractivity contribution in [2.75, 3.05) is 6.54 Å². The molecule has 0 aliphatic rings. The van der Waals surface area contributed by atoms with Gasteiger partial charge in [-0.2, -0.15) is 0 Å². The number of carbonyl (C=O) groups is 2. The van der Waals surface area contributed by atoms with Gasteiger partial charge in [-0.05, 0) is 19.3 Å². The molecule has 1 N–H and O–H groups in total. The molecule has 0 rings (SSSR count). The summed E-state index contributed by atoms with van der Waals surface area (Å²) in [6.45, 7) is 8.66. The summed E-state index contributed by atoms with van der Waals surface area (Å²) in [7, 11) is 0. The predicted octanol–water partition coefficient (Wildman–Crippen LogP) is 3.08. The quantitative estimate of drug-likeness (QED) is 0.631. The third kappa shape index (κ3) is 7.14. The second kappa shape index (κ2) is 8.26. The molecular formula is C14H27NO2. The summed E-state index contributed by atoms with van der Waals surface area (Å²) < 4.78 is 0. The van der Waals surface area contributed by atoms with E-state index in [1.807, 2.05) is 20.8 Å². The Bertz CT molecular complexity index is 247. The largest absolute Gasteiger partial charge is 0.356 e. The number of ketones is 1. The number of unbranched alkanes of at least 4 members (excludes halogenated alkanes) is 2. The summed E-state index contributed by atoms with van der Waals surface area (Å²) in [5, 5.41) is 2.84. The molecule has 17 heavy (non-hydrogen) atoms. The summed E-state index contributed by atoms with van der Waals surface area (Å²) >= 11 is 0. The van der Waals surface area contributed by atoms with Crippen LogP contribution in [-0.2, 0) is 9.59 Å². The maximum Gasteiger partial charge on any atom is 0.219 e. The van der Waals surface area contributed by atoms with E-state index in [0.29, 0.717) is 18.6 Å². The van der Waals surface area contributed by atoms with E-state index >= 15 is 0 Å². The van der Waals surface area contributed by atoms with Crippen LogP contribution in [0.1, 0.15) is 66.2 Å². The number of amides is 1. The van der Waals surface area contributed by atoms with E-state index in [4.69, 9.17) is 0 Å². The SMILES string of the molecule is CCC(=O)NCCCCCC(=O)C(C)(C)CC. The molecule has 0 saturated heterocycles. The van der Waals surface area contributed by atoms with Gasteiger partial charge in [-0.15, -0.1) is 0 Å². The molecule has 0 spiro atoms. The highest BCUT2D eigenvalue weighted by Gasteiger charge is 2.23. The van der Waals surface area contributed by atoms with Crippen molar-refractivity contribution in [3.05, 3.63) is 0 Å². The van der Waals surface area contributed by atoms with Gasteiger partial charge in [0.1, 0.15) is 5.78 Å². The van der Waals surface area contributed by atoms with Crippen molar-refractivity contribution in [2.24, 2.45) is 5.41 Å². The molecule has 0 aromatic carbocycles. The highest BCUT2D eigenvalue weighted by molar-refractivity contribution is 5.83. The maximum atomic E-state index is 11.8. The van der Waals surface area contributed by atoms with Crippen LogP contribution in [0, 0.1) is 5.41 Å². The van der Waals surface area contributed by atoms with Gasteiger partial charge in [-0.3, -0.25) is 9.59 Å². The molecule has 3 nitrogen and oxygen atoms in total. The normalized spacial score (nSPS) is 11.3. The van der Waals surface area contributed by atoms with E-state index in [1.165, 1.54) is 0 Å². The van der Waals surface area contributed by atoms with Crippen LogP contribution < -0.4 is 5.32 Å². The van der Waals surface area contributed by atoms with Gasteiger partial charge in [0.25, 0.3) is 0 Å². The molecule has 0 aromatic heterocycles. The van der Waals surface area contributed by atoms with E-state index in [9.17, 15) is 9.59 Å². The fraction of sp³-hybridized carbons (Fsp3) is 0.857. The van der Waals surface area contributed by atoms with Crippen molar-refractivity contribution in [2.45, 2.75) is 66.2 Å². The molecule has 0 bridgehead atoms. The lowest BCUT2D eigenvalue weighted by molar-refractivity contribution is -0.127. The summed E-state index contributed by atoms with van der Waals surface area (Å²) in [4.78, 5) is 22.8. The zero-order chi connectivity index (χ0) is 13.3. The lowest BCUT2D eigenvalue weighted by Crippen LogP contribution is -2.24. The molecule has 0 saturated carbocycles. The van der Waals surface area contributed by atoms with Gasteiger partial charge in [0, 0.05) is 24.8 Å². The van der Waals surface area contributed by atoms with Crippen molar-refractivity contribution in [1.82, 2.24) is 5.32 Å². The molecule has 0 heterocycles. The summed E-state index contributed by atoms with van der Waals surface area (Å²) in [5.41, 5.74) is -0.170. The van der Waals surface area contributed by atoms with E-state index in [2.05, 4.69) is 12.2 Å². The molecule has 0 aliphatic heterocycles. The molecule has 0 aliphatic carbocycles. The fourth-order valence-corrected chi connectivity index (χ4v) is 1.48. The van der Waals surface area contributed by atoms with Gasteiger partial charge in [0.05, 0.1) is 0 Å². The van der Waals surface area contributed by atoms with E-state index in [0.717, 1.165) is 32.2 Å². The van der Waals surface area contributed by atoms with Crippen LogP contribution in [0.15, 0.2) is 0 Å². The molecule has 0 unspecified atom stereocenters. The monoisotopic (exact) mass is 241 g/mol. The highest BCUT2D eigenvalue weighted by Crippen LogP contribution is 2.23. The Morgan fingerprint density at radius 1 is 1.06 bits per heavy atom. The van der Waals surface area contributed by atoms with Crippen LogP contribution in [0.5, 0.6) is 0 Å². The topological polar surface area (TPSA) is 46.2 Å². The van der Waals surface area contributed by atoms with Gasteiger partial charge in [0.15, 0.2) is 0 Å². The van der Waals surface area contributed by atoms with Crippen LogP contribution in [-0.4, -0.2) is 18.2 Å². The second-order valence-electron chi connectivity index (χ2n) is 5.17. The zero-order valence-electron chi connectivity index (χ0n) is 11.8. The number of carbonyl (C=O) groups excluding carboxylic acids is 2. The number of rotatable bonds is 9. The van der Waals surface area contributed by atoms with Crippen molar-refractivity contribution in [3.8, 4) is 0 Å². The lowest BCUT2D eigenvalue weighted by atomic mass is 9.83. The van der Waals surface area contributed by atoms with Crippen molar-refractivity contribution in [3.63, 3.8) is 0 Å². The van der Waals surface area contributed by atoms with Crippen LogP contribution in [0.3, 0.4) is 0 Å². The van der Waals surface area contributed by atoms with Gasteiger partial charge in [-0.1, -0.05) is 34.1 Å². The van der Waals surface area contributed by atoms with Gasteiger partial charge in [-0.25, -0.2) is 0 Å². The first-order valence-corrected chi connectivity index (χ1v) is 6.74. The average Bonchev–Trinajstić information content (AvgIpc) is 2.32. The van der Waals surface area contributed by atoms with Gasteiger partial charge >= 0.3 is 0 Å². The molecule has 0 radical (unpaired) electrons. The molecule has 100 valence electrons. The average molecular weight is 241 g/mol. The van der Waals surface area contributed by atoms with Crippen LogP contribution in [0.4, 0.5) is 0 Å².